The average Bonchev–Trinajstić information content (AvgIpc) is 2.29. The molecule has 1 amide bonds. The van der Waals surface area contributed by atoms with Crippen LogP contribution in [-0.2, 0) is 4.79 Å². The maximum Gasteiger partial charge on any atom is 0.225 e. The third-order valence-corrected chi connectivity index (χ3v) is 2.42. The van der Waals surface area contributed by atoms with Gasteiger partial charge in [0.15, 0.2) is 0 Å². The highest BCUT2D eigenvalue weighted by Crippen LogP contribution is 2.08. The van der Waals surface area contributed by atoms with Gasteiger partial charge in [-0.3, -0.25) is 4.79 Å². The van der Waals surface area contributed by atoms with Crippen molar-refractivity contribution in [2.24, 2.45) is 0 Å². The summed E-state index contributed by atoms with van der Waals surface area (Å²) >= 11 is 5.82. The summed E-state index contributed by atoms with van der Waals surface area (Å²) in [4.78, 5) is 13.3. The number of amides is 1. The zero-order valence-electron chi connectivity index (χ0n) is 10.2. The van der Waals surface area contributed by atoms with Crippen molar-refractivity contribution >= 4 is 17.5 Å². The normalized spacial score (nSPS) is 11.9. The molecular formula is C13H18ClNO2. The van der Waals surface area contributed by atoms with Crippen molar-refractivity contribution in [2.75, 3.05) is 20.2 Å². The summed E-state index contributed by atoms with van der Waals surface area (Å²) in [5, 5.41) is -0.0287. The summed E-state index contributed by atoms with van der Waals surface area (Å²) in [7, 11) is 1.75. The number of alkyl halides is 1. The molecule has 0 radical (unpaired) electrons. The minimum absolute atomic E-state index is 0.0287. The fourth-order valence-corrected chi connectivity index (χ4v) is 1.65. The molecule has 0 aromatic heterocycles. The molecule has 0 aliphatic rings. The summed E-state index contributed by atoms with van der Waals surface area (Å²) in [6, 6.07) is 9.47. The molecule has 0 saturated carbocycles. The number of carbonyl (C=O) groups is 1. The number of benzene rings is 1. The summed E-state index contributed by atoms with van der Waals surface area (Å²) in [6.07, 6.45) is 0.370. The topological polar surface area (TPSA) is 29.5 Å². The Kier molecular flexibility index (Phi) is 5.84. The van der Waals surface area contributed by atoms with Crippen LogP contribution in [0.1, 0.15) is 13.3 Å². The van der Waals surface area contributed by atoms with Crippen molar-refractivity contribution < 1.29 is 9.53 Å². The van der Waals surface area contributed by atoms with Crippen molar-refractivity contribution in [3.8, 4) is 5.75 Å². The second-order valence-electron chi connectivity index (χ2n) is 3.97. The number of rotatable bonds is 6. The number of ether oxygens (including phenoxy) is 1. The first-order chi connectivity index (χ1) is 8.09. The largest absolute Gasteiger partial charge is 0.493 e. The minimum atomic E-state index is -0.0287. The lowest BCUT2D eigenvalue weighted by Gasteiger charge is -2.18. The minimum Gasteiger partial charge on any atom is -0.493 e. The molecular weight excluding hydrogens is 238 g/mol. The molecule has 3 nitrogen and oxygen atoms in total. The lowest BCUT2D eigenvalue weighted by Crippen LogP contribution is -2.32. The molecule has 1 aromatic rings. The van der Waals surface area contributed by atoms with E-state index in [-0.39, 0.29) is 11.3 Å². The Balaban J connectivity index is 2.24. The Morgan fingerprint density at radius 2 is 2.06 bits per heavy atom. The maximum atomic E-state index is 11.7. The van der Waals surface area contributed by atoms with Crippen molar-refractivity contribution in [1.29, 1.82) is 0 Å². The molecule has 94 valence electrons. The number of hydrogen-bond donors (Lipinski definition) is 0. The molecule has 1 unspecified atom stereocenters. The molecule has 0 saturated heterocycles. The van der Waals surface area contributed by atoms with E-state index in [9.17, 15) is 4.79 Å². The Labute approximate surface area is 107 Å². The van der Waals surface area contributed by atoms with Gasteiger partial charge in [0.25, 0.3) is 0 Å². The number of hydrogen-bond acceptors (Lipinski definition) is 2. The van der Waals surface area contributed by atoms with E-state index in [1.54, 1.807) is 11.9 Å². The van der Waals surface area contributed by atoms with Crippen molar-refractivity contribution in [3.05, 3.63) is 30.3 Å². The van der Waals surface area contributed by atoms with Crippen LogP contribution in [0.15, 0.2) is 30.3 Å². The molecule has 1 atom stereocenters. The lowest BCUT2D eigenvalue weighted by molar-refractivity contribution is -0.130. The maximum absolute atomic E-state index is 11.7. The molecule has 0 heterocycles. The van der Waals surface area contributed by atoms with Crippen LogP contribution in [0.2, 0.25) is 0 Å². The first-order valence-corrected chi connectivity index (χ1v) is 6.09. The van der Waals surface area contributed by atoms with Crippen LogP contribution in [0.4, 0.5) is 0 Å². The fourth-order valence-electron chi connectivity index (χ4n) is 1.44. The van der Waals surface area contributed by atoms with Gasteiger partial charge in [0, 0.05) is 19.0 Å². The van der Waals surface area contributed by atoms with Gasteiger partial charge in [-0.1, -0.05) is 18.2 Å². The molecule has 0 fully saturated rings. The van der Waals surface area contributed by atoms with Gasteiger partial charge >= 0.3 is 0 Å². The van der Waals surface area contributed by atoms with E-state index in [1.165, 1.54) is 0 Å². The molecule has 1 aromatic carbocycles. The van der Waals surface area contributed by atoms with E-state index in [2.05, 4.69) is 0 Å². The standard InChI is InChI=1S/C13H18ClNO2/c1-11(14)10-15(2)13(16)8-9-17-12-6-4-3-5-7-12/h3-7,11H,8-10H2,1-2H3. The summed E-state index contributed by atoms with van der Waals surface area (Å²) in [5.74, 6) is 0.835. The van der Waals surface area contributed by atoms with E-state index in [1.807, 2.05) is 37.3 Å². The van der Waals surface area contributed by atoms with E-state index in [0.717, 1.165) is 5.75 Å². The highest BCUT2D eigenvalue weighted by Gasteiger charge is 2.10. The van der Waals surface area contributed by atoms with E-state index < -0.39 is 0 Å². The van der Waals surface area contributed by atoms with Crippen LogP contribution in [0.25, 0.3) is 0 Å². The molecule has 0 spiro atoms. The van der Waals surface area contributed by atoms with E-state index >= 15 is 0 Å². The van der Waals surface area contributed by atoms with Crippen LogP contribution in [0, 0.1) is 0 Å². The van der Waals surface area contributed by atoms with Gasteiger partial charge in [0.2, 0.25) is 5.91 Å². The number of halogens is 1. The van der Waals surface area contributed by atoms with Crippen molar-refractivity contribution in [1.82, 2.24) is 4.90 Å². The van der Waals surface area contributed by atoms with E-state index in [4.69, 9.17) is 16.3 Å². The first-order valence-electron chi connectivity index (χ1n) is 5.65. The zero-order valence-corrected chi connectivity index (χ0v) is 11.0. The van der Waals surface area contributed by atoms with Gasteiger partial charge < -0.3 is 9.64 Å². The zero-order chi connectivity index (χ0) is 12.7. The molecule has 1 rings (SSSR count). The van der Waals surface area contributed by atoms with Crippen LogP contribution in [0.3, 0.4) is 0 Å². The molecule has 0 N–H and O–H groups in total. The van der Waals surface area contributed by atoms with Crippen LogP contribution in [0.5, 0.6) is 5.75 Å². The Bertz CT molecular complexity index is 341. The highest BCUT2D eigenvalue weighted by molar-refractivity contribution is 6.20. The Hall–Kier alpha value is -1.22. The van der Waals surface area contributed by atoms with Gasteiger partial charge in [-0.05, 0) is 19.1 Å². The second-order valence-corrected chi connectivity index (χ2v) is 4.71. The average molecular weight is 256 g/mol. The monoisotopic (exact) mass is 255 g/mol. The highest BCUT2D eigenvalue weighted by atomic mass is 35.5. The van der Waals surface area contributed by atoms with E-state index in [0.29, 0.717) is 19.6 Å². The fraction of sp³-hybridized carbons (Fsp3) is 0.462. The summed E-state index contributed by atoms with van der Waals surface area (Å²) in [5.41, 5.74) is 0. The third-order valence-electron chi connectivity index (χ3n) is 2.28. The molecule has 0 aliphatic carbocycles. The van der Waals surface area contributed by atoms with Crippen LogP contribution < -0.4 is 4.74 Å². The van der Waals surface area contributed by atoms with Gasteiger partial charge in [-0.15, -0.1) is 11.6 Å². The third kappa shape index (κ3) is 5.59. The van der Waals surface area contributed by atoms with Crippen molar-refractivity contribution in [2.45, 2.75) is 18.7 Å². The lowest BCUT2D eigenvalue weighted by atomic mass is 10.3. The van der Waals surface area contributed by atoms with Crippen LogP contribution in [-0.4, -0.2) is 36.4 Å². The Morgan fingerprint density at radius 3 is 2.65 bits per heavy atom. The number of nitrogens with zero attached hydrogens (tertiary/aromatic N) is 1. The number of para-hydroxylation sites is 1. The van der Waals surface area contributed by atoms with Gasteiger partial charge in [-0.25, -0.2) is 0 Å². The molecule has 0 aliphatic heterocycles. The Morgan fingerprint density at radius 1 is 1.41 bits per heavy atom. The second kappa shape index (κ2) is 7.17. The molecule has 17 heavy (non-hydrogen) atoms. The molecule has 0 bridgehead atoms. The van der Waals surface area contributed by atoms with Gasteiger partial charge in [-0.2, -0.15) is 0 Å². The predicted molar refractivity (Wildman–Crippen MR) is 69.5 cm³/mol. The summed E-state index contributed by atoms with van der Waals surface area (Å²) in [6.45, 7) is 2.82. The quantitative estimate of drug-likeness (QED) is 0.731. The summed E-state index contributed by atoms with van der Waals surface area (Å²) < 4.78 is 5.45. The number of carbonyl (C=O) groups excluding carboxylic acids is 1. The van der Waals surface area contributed by atoms with Crippen molar-refractivity contribution in [3.63, 3.8) is 0 Å². The molecule has 4 heteroatoms. The van der Waals surface area contributed by atoms with Gasteiger partial charge in [0.1, 0.15) is 5.75 Å². The SMILES string of the molecule is CC(Cl)CN(C)C(=O)CCOc1ccccc1. The van der Waals surface area contributed by atoms with Gasteiger partial charge in [0.05, 0.1) is 13.0 Å². The van der Waals surface area contributed by atoms with Crippen LogP contribution >= 0.6 is 11.6 Å². The smallest absolute Gasteiger partial charge is 0.225 e. The first kappa shape index (κ1) is 13.8. The predicted octanol–water partition coefficient (Wildman–Crippen LogP) is 2.54.